The van der Waals surface area contributed by atoms with Crippen molar-refractivity contribution in [1.82, 2.24) is 0 Å². The molecular weight excluding hydrogens is 728 g/mol. The molecule has 6 bridgehead atoms. The van der Waals surface area contributed by atoms with Gasteiger partial charge >= 0.3 is 17.9 Å². The Hall–Kier alpha value is -2.55. The van der Waals surface area contributed by atoms with E-state index in [9.17, 15) is 55.2 Å². The van der Waals surface area contributed by atoms with Gasteiger partial charge in [-0.2, -0.15) is 0 Å². The molecule has 0 spiro atoms. The molecule has 8 N–H and O–H groups in total. The molecule has 0 aromatic carbocycles. The minimum atomic E-state index is -1.89. The molecule has 0 amide bonds. The highest BCUT2D eigenvalue weighted by atomic mass is 16.7. The smallest absolute Gasteiger partial charge is 0.336 e. The molecule has 5 aliphatic rings. The molecule has 3 heterocycles. The number of hydrogen-bond acceptors (Lipinski definition) is 17. The summed E-state index contributed by atoms with van der Waals surface area (Å²) in [5, 5.41) is 84.9. The lowest BCUT2D eigenvalue weighted by molar-refractivity contribution is -0.326. The van der Waals surface area contributed by atoms with E-state index in [2.05, 4.69) is 6.92 Å². The molecule has 1 saturated carbocycles. The predicted octanol–water partition coefficient (Wildman–Crippen LogP) is -0.731. The van der Waals surface area contributed by atoms with E-state index >= 15 is 0 Å². The van der Waals surface area contributed by atoms with Crippen LogP contribution in [0, 0.1) is 22.7 Å². The van der Waals surface area contributed by atoms with Crippen LogP contribution in [0.15, 0.2) is 23.3 Å². The van der Waals surface area contributed by atoms with Gasteiger partial charge in [0.25, 0.3) is 0 Å². The minimum Gasteiger partial charge on any atom is -0.463 e. The Morgan fingerprint density at radius 3 is 2.16 bits per heavy atom. The van der Waals surface area contributed by atoms with Crippen LogP contribution in [0.25, 0.3) is 0 Å². The van der Waals surface area contributed by atoms with Crippen molar-refractivity contribution in [2.24, 2.45) is 22.7 Å². The van der Waals surface area contributed by atoms with Gasteiger partial charge in [0.05, 0.1) is 31.2 Å². The van der Waals surface area contributed by atoms with E-state index in [1.807, 2.05) is 13.8 Å². The lowest BCUT2D eigenvalue weighted by atomic mass is 9.46. The second-order valence-corrected chi connectivity index (χ2v) is 16.7. The van der Waals surface area contributed by atoms with Gasteiger partial charge in [0.2, 0.25) is 6.29 Å². The summed E-state index contributed by atoms with van der Waals surface area (Å²) in [5.74, 6) is -2.94. The van der Waals surface area contributed by atoms with E-state index in [0.29, 0.717) is 36.8 Å². The number of hydrogen-bond donors (Lipinski definition) is 8. The number of fused-ring (bicyclic) bond motifs is 2. The van der Waals surface area contributed by atoms with Crippen LogP contribution < -0.4 is 0 Å². The molecule has 5 rings (SSSR count). The number of carbonyl (C=O) groups is 3. The minimum absolute atomic E-state index is 0.0576. The Kier molecular flexibility index (Phi) is 13.6. The van der Waals surface area contributed by atoms with Crippen molar-refractivity contribution in [1.29, 1.82) is 0 Å². The van der Waals surface area contributed by atoms with Crippen LogP contribution in [-0.4, -0.2) is 152 Å². The number of carbonyl (C=O) groups excluding carboxylic acids is 3. The number of esters is 3. The van der Waals surface area contributed by atoms with Gasteiger partial charge in [-0.25, -0.2) is 4.79 Å². The molecule has 0 aromatic heterocycles. The zero-order valence-electron chi connectivity index (χ0n) is 32.0. The molecule has 16 atom stereocenters. The zero-order chi connectivity index (χ0) is 40.6. The zero-order valence-corrected chi connectivity index (χ0v) is 32.0. The topological polar surface area (TPSA) is 268 Å². The van der Waals surface area contributed by atoms with Gasteiger partial charge in [-0.3, -0.25) is 9.59 Å². The third kappa shape index (κ3) is 8.97. The highest BCUT2D eigenvalue weighted by molar-refractivity contribution is 5.90. The predicted molar refractivity (Wildman–Crippen MR) is 187 cm³/mol. The maximum atomic E-state index is 14.1. The molecule has 312 valence electrons. The summed E-state index contributed by atoms with van der Waals surface area (Å²) in [5.41, 5.74) is -2.52. The first-order chi connectivity index (χ1) is 25.7. The van der Waals surface area contributed by atoms with Crippen molar-refractivity contribution in [2.75, 3.05) is 19.8 Å². The average Bonchev–Trinajstić information content (AvgIpc) is 3.11. The Bertz CT molecular complexity index is 1460. The van der Waals surface area contributed by atoms with Crippen LogP contribution >= 0.6 is 0 Å². The summed E-state index contributed by atoms with van der Waals surface area (Å²) in [4.78, 5) is 39.6. The van der Waals surface area contributed by atoms with Gasteiger partial charge in [0.1, 0.15) is 62.0 Å². The molecule has 0 aromatic rings. The van der Waals surface area contributed by atoms with E-state index < -0.39 is 128 Å². The summed E-state index contributed by atoms with van der Waals surface area (Å²) < 4.78 is 34.4. The van der Waals surface area contributed by atoms with E-state index in [0.717, 1.165) is 0 Å². The van der Waals surface area contributed by atoms with Crippen LogP contribution in [0.4, 0.5) is 0 Å². The third-order valence-corrected chi connectivity index (χ3v) is 12.7. The average molecular weight is 787 g/mol. The van der Waals surface area contributed by atoms with E-state index in [4.69, 9.17) is 28.4 Å². The molecule has 3 aliphatic heterocycles. The van der Waals surface area contributed by atoms with Crippen molar-refractivity contribution in [3.05, 3.63) is 23.3 Å². The van der Waals surface area contributed by atoms with Crippen molar-refractivity contribution < 1.29 is 83.7 Å². The molecular formula is C38H58O17. The second-order valence-electron chi connectivity index (χ2n) is 16.7. The molecule has 3 fully saturated rings. The Morgan fingerprint density at radius 2 is 1.49 bits per heavy atom. The van der Waals surface area contributed by atoms with Gasteiger partial charge < -0.3 is 69.3 Å². The quantitative estimate of drug-likeness (QED) is 0.0995. The Balaban J connectivity index is 1.53. The monoisotopic (exact) mass is 786 g/mol. The molecule has 17 heteroatoms. The third-order valence-electron chi connectivity index (χ3n) is 12.7. The Labute approximate surface area is 319 Å². The number of allylic oxidation sites excluding steroid dienone is 1. The van der Waals surface area contributed by atoms with E-state index in [1.54, 1.807) is 19.1 Å². The number of aliphatic hydroxyl groups excluding tert-OH is 7. The fourth-order valence-electron chi connectivity index (χ4n) is 9.16. The molecule has 0 radical (unpaired) electrons. The molecule has 17 nitrogen and oxygen atoms in total. The van der Waals surface area contributed by atoms with Crippen molar-refractivity contribution >= 4 is 17.9 Å². The van der Waals surface area contributed by atoms with Gasteiger partial charge in [-0.15, -0.1) is 0 Å². The summed E-state index contributed by atoms with van der Waals surface area (Å²) in [6.45, 7) is 7.55. The highest BCUT2D eigenvalue weighted by Crippen LogP contribution is 2.63. The van der Waals surface area contributed by atoms with Gasteiger partial charge in [-0.1, -0.05) is 32.4 Å². The molecule has 2 aliphatic carbocycles. The first-order valence-electron chi connectivity index (χ1n) is 19.0. The number of aliphatic hydroxyl groups is 8. The number of rotatable bonds is 3. The molecule has 2 saturated heterocycles. The van der Waals surface area contributed by atoms with Gasteiger partial charge in [0, 0.05) is 16.4 Å². The van der Waals surface area contributed by atoms with Crippen LogP contribution in [0.1, 0.15) is 79.6 Å². The summed E-state index contributed by atoms with van der Waals surface area (Å²) in [7, 11) is 0. The standard InChI is InChI=1S/C38H58O17/c1-18-10-12-50-25(40)14-36(3,49)15-26(41)51-17-22-28(43)30(45)32(47)35(53-22)55-33(48)20-7-6-8-23-37(20,4)11-9-19(2)38(23,5)24(13-18)54-34-31(46)29(44)27(42)21(16-39)52-34/h7,10,19,21-24,27-32,34-35,39,42-47,49H,6,8-9,11-17H2,1-5H3/b18-10+/t19-,21-,22-,23+,24-,27-,28-,29+,30+,31-,32-,34+,35+,36-,37+,38+/m1/s1. The van der Waals surface area contributed by atoms with Gasteiger partial charge in [0.15, 0.2) is 6.29 Å². The lowest BCUT2D eigenvalue weighted by Gasteiger charge is -2.60. The van der Waals surface area contributed by atoms with Crippen LogP contribution in [0.2, 0.25) is 0 Å². The Morgan fingerprint density at radius 1 is 0.836 bits per heavy atom. The maximum Gasteiger partial charge on any atom is 0.336 e. The first-order valence-corrected chi connectivity index (χ1v) is 19.0. The summed E-state index contributed by atoms with van der Waals surface area (Å²) >= 11 is 0. The van der Waals surface area contributed by atoms with Gasteiger partial charge in [-0.05, 0) is 63.9 Å². The van der Waals surface area contributed by atoms with Crippen molar-refractivity contribution in [3.8, 4) is 0 Å². The molecule has 0 unspecified atom stereocenters. The summed E-state index contributed by atoms with van der Waals surface area (Å²) in [6.07, 6.45) is -12.5. The SMILES string of the molecule is C/C1=C\COC(=O)C[C@@](C)(O)CC(=O)OC[C@H]2O[C@@H](OC(=O)C3=CCC[C@@H]4[C@](C)([C@H](C)CC[C@@]34C)[C@H](O[C@@H]3O[C@H](CO)[C@@H](O)[C@H](O)[C@H]3O)C1)[C@H](O)[C@@H](O)[C@@H]2O. The van der Waals surface area contributed by atoms with Crippen LogP contribution in [0.5, 0.6) is 0 Å². The molecule has 55 heavy (non-hydrogen) atoms. The van der Waals surface area contributed by atoms with Crippen molar-refractivity contribution in [3.63, 3.8) is 0 Å². The van der Waals surface area contributed by atoms with E-state index in [1.165, 1.54) is 6.92 Å². The lowest BCUT2D eigenvalue weighted by Crippen LogP contribution is -2.62. The number of cyclic esters (lactones) is 2. The normalized spacial score (nSPS) is 47.7. The fourth-order valence-corrected chi connectivity index (χ4v) is 9.16. The summed E-state index contributed by atoms with van der Waals surface area (Å²) in [6, 6.07) is 0. The van der Waals surface area contributed by atoms with E-state index in [-0.39, 0.29) is 24.9 Å². The highest BCUT2D eigenvalue weighted by Gasteiger charge is 2.60. The maximum absolute atomic E-state index is 14.1. The fraction of sp³-hybridized carbons (Fsp3) is 0.816. The first kappa shape index (κ1) is 43.6. The van der Waals surface area contributed by atoms with Crippen molar-refractivity contribution in [2.45, 2.75) is 153 Å². The van der Waals surface area contributed by atoms with Crippen LogP contribution in [-0.2, 0) is 42.8 Å². The second kappa shape index (κ2) is 17.1. The number of ether oxygens (including phenoxy) is 6. The largest absolute Gasteiger partial charge is 0.463 e. The van der Waals surface area contributed by atoms with Crippen LogP contribution in [0.3, 0.4) is 0 Å².